The van der Waals surface area contributed by atoms with Gasteiger partial charge in [-0.3, -0.25) is 0 Å². The summed E-state index contributed by atoms with van der Waals surface area (Å²) >= 11 is 0. The highest BCUT2D eigenvalue weighted by Crippen LogP contribution is 2.29. The molecular weight excluding hydrogens is 222 g/mol. The van der Waals surface area contributed by atoms with Crippen LogP contribution < -0.4 is 4.68 Å². The molecular formula is C15H20N3+. The van der Waals surface area contributed by atoms with Crippen molar-refractivity contribution < 1.29 is 4.68 Å². The third-order valence-electron chi connectivity index (χ3n) is 3.61. The highest BCUT2D eigenvalue weighted by molar-refractivity contribution is 5.20. The van der Waals surface area contributed by atoms with Crippen molar-refractivity contribution in [1.82, 2.24) is 9.67 Å². The Bertz CT molecular complexity index is 528. The summed E-state index contributed by atoms with van der Waals surface area (Å²) < 4.78 is 4.37. The van der Waals surface area contributed by atoms with E-state index in [-0.39, 0.29) is 0 Å². The lowest BCUT2D eigenvalue weighted by atomic mass is 10.0. The molecule has 1 aromatic carbocycles. The van der Waals surface area contributed by atoms with E-state index in [1.807, 2.05) is 10.7 Å². The number of nitrogens with zero attached hydrogens (tertiary/aromatic N) is 3. The molecule has 0 fully saturated rings. The summed E-state index contributed by atoms with van der Waals surface area (Å²) in [5.74, 6) is 1.97. The van der Waals surface area contributed by atoms with Gasteiger partial charge in [-0.2, -0.15) is 0 Å². The van der Waals surface area contributed by atoms with Crippen LogP contribution in [-0.4, -0.2) is 9.67 Å². The van der Waals surface area contributed by atoms with Gasteiger partial charge < -0.3 is 0 Å². The quantitative estimate of drug-likeness (QED) is 0.758. The monoisotopic (exact) mass is 242 g/mol. The summed E-state index contributed by atoms with van der Waals surface area (Å²) in [7, 11) is 0. The molecule has 0 saturated heterocycles. The maximum absolute atomic E-state index is 4.70. The van der Waals surface area contributed by atoms with Crippen molar-refractivity contribution in [2.75, 3.05) is 0 Å². The average molecular weight is 242 g/mol. The lowest BCUT2D eigenvalue weighted by molar-refractivity contribution is -0.658. The molecule has 2 aromatic rings. The first-order chi connectivity index (χ1) is 8.74. The Morgan fingerprint density at radius 1 is 1.33 bits per heavy atom. The molecule has 94 valence electrons. The van der Waals surface area contributed by atoms with Gasteiger partial charge in [0.1, 0.15) is 6.04 Å². The number of aromatic nitrogens is 3. The fraction of sp³-hybridized carbons (Fsp3) is 0.467. The zero-order valence-corrected chi connectivity index (χ0v) is 11.1. The van der Waals surface area contributed by atoms with Gasteiger partial charge in [-0.25, -0.2) is 4.57 Å². The van der Waals surface area contributed by atoms with E-state index < -0.39 is 0 Å². The summed E-state index contributed by atoms with van der Waals surface area (Å²) in [6.07, 6.45) is 5.76. The second-order valence-electron chi connectivity index (χ2n) is 5.54. The normalized spacial score (nSPS) is 18.3. The topological polar surface area (TPSA) is 21.7 Å². The van der Waals surface area contributed by atoms with Gasteiger partial charge in [-0.1, -0.05) is 32.0 Å². The highest BCUT2D eigenvalue weighted by atomic mass is 15.4. The standard InChI is InChI=1S/C15H20N3/c1-12(2)10-14-8-9-15-16-18(11-17(14)15)13-6-4-3-5-7-13/h3-7,11-12,14H,8-10H2,1-2H3/q+1/t14-/m1/s1. The molecule has 0 unspecified atom stereocenters. The first-order valence-corrected chi connectivity index (χ1v) is 6.79. The molecule has 1 aromatic heterocycles. The van der Waals surface area contributed by atoms with E-state index >= 15 is 0 Å². The zero-order valence-electron chi connectivity index (χ0n) is 11.1. The van der Waals surface area contributed by atoms with Crippen molar-refractivity contribution in [2.24, 2.45) is 5.92 Å². The van der Waals surface area contributed by atoms with E-state index in [0.29, 0.717) is 6.04 Å². The lowest BCUT2D eigenvalue weighted by Gasteiger charge is -2.09. The van der Waals surface area contributed by atoms with E-state index in [1.165, 1.54) is 18.7 Å². The maximum atomic E-state index is 4.70. The fourth-order valence-electron chi connectivity index (χ4n) is 2.79. The summed E-state index contributed by atoms with van der Waals surface area (Å²) in [4.78, 5) is 0. The van der Waals surface area contributed by atoms with Gasteiger partial charge in [0, 0.05) is 6.42 Å². The van der Waals surface area contributed by atoms with E-state index in [4.69, 9.17) is 5.10 Å². The molecule has 3 heteroatoms. The molecule has 1 atom stereocenters. The van der Waals surface area contributed by atoms with E-state index in [1.54, 1.807) is 0 Å². The molecule has 0 saturated carbocycles. The molecule has 3 rings (SSSR count). The summed E-state index contributed by atoms with van der Waals surface area (Å²) in [5, 5.41) is 4.70. The minimum absolute atomic E-state index is 0.637. The van der Waals surface area contributed by atoms with Crippen LogP contribution in [0.3, 0.4) is 0 Å². The number of rotatable bonds is 3. The van der Waals surface area contributed by atoms with E-state index in [9.17, 15) is 0 Å². The average Bonchev–Trinajstić information content (AvgIpc) is 2.92. The number of benzene rings is 1. The van der Waals surface area contributed by atoms with Crippen molar-refractivity contribution in [3.8, 4) is 5.69 Å². The van der Waals surface area contributed by atoms with Crippen molar-refractivity contribution in [2.45, 2.75) is 39.2 Å². The van der Waals surface area contributed by atoms with Gasteiger partial charge in [-0.05, 0) is 36.0 Å². The fourth-order valence-corrected chi connectivity index (χ4v) is 2.79. The number of aryl methyl sites for hydroxylation is 1. The van der Waals surface area contributed by atoms with E-state index in [2.05, 4.69) is 49.0 Å². The SMILES string of the molecule is CC(C)C[C@H]1CCc2n[n+](-c3ccccc3)cn21. The van der Waals surface area contributed by atoms with Crippen LogP contribution in [0.2, 0.25) is 0 Å². The lowest BCUT2D eigenvalue weighted by Crippen LogP contribution is -2.32. The van der Waals surface area contributed by atoms with E-state index in [0.717, 1.165) is 18.0 Å². The zero-order chi connectivity index (χ0) is 12.5. The Kier molecular flexibility index (Phi) is 2.90. The molecule has 1 aliphatic heterocycles. The van der Waals surface area contributed by atoms with Gasteiger partial charge in [-0.15, -0.1) is 4.68 Å². The molecule has 3 nitrogen and oxygen atoms in total. The van der Waals surface area contributed by atoms with Gasteiger partial charge in [0.15, 0.2) is 5.69 Å². The van der Waals surface area contributed by atoms with Crippen LogP contribution in [-0.2, 0) is 6.42 Å². The van der Waals surface area contributed by atoms with Gasteiger partial charge in [0.2, 0.25) is 5.82 Å². The predicted molar refractivity (Wildman–Crippen MR) is 70.6 cm³/mol. The number of para-hydroxylation sites is 1. The molecule has 0 N–H and O–H groups in total. The highest BCUT2D eigenvalue weighted by Gasteiger charge is 2.31. The minimum atomic E-state index is 0.637. The molecule has 0 spiro atoms. The largest absolute Gasteiger partial charge is 0.271 e. The van der Waals surface area contributed by atoms with Crippen LogP contribution in [0, 0.1) is 5.92 Å². The maximum Gasteiger partial charge on any atom is 0.271 e. The smallest absolute Gasteiger partial charge is 0.214 e. The molecule has 0 radical (unpaired) electrons. The molecule has 0 bridgehead atoms. The minimum Gasteiger partial charge on any atom is -0.214 e. The van der Waals surface area contributed by atoms with Crippen molar-refractivity contribution in [3.63, 3.8) is 0 Å². The summed E-state index contributed by atoms with van der Waals surface area (Å²) in [5.41, 5.74) is 1.14. The molecule has 18 heavy (non-hydrogen) atoms. The molecule has 2 heterocycles. The van der Waals surface area contributed by atoms with Gasteiger partial charge in [0.05, 0.1) is 0 Å². The van der Waals surface area contributed by atoms with Crippen LogP contribution in [0.5, 0.6) is 0 Å². The van der Waals surface area contributed by atoms with Crippen LogP contribution >= 0.6 is 0 Å². The second kappa shape index (κ2) is 4.56. The Labute approximate surface area is 108 Å². The number of hydrogen-bond acceptors (Lipinski definition) is 1. The predicted octanol–water partition coefficient (Wildman–Crippen LogP) is 2.69. The van der Waals surface area contributed by atoms with Crippen molar-refractivity contribution >= 4 is 0 Å². The third-order valence-corrected chi connectivity index (χ3v) is 3.61. The Morgan fingerprint density at radius 3 is 2.83 bits per heavy atom. The van der Waals surface area contributed by atoms with Crippen LogP contribution in [0.25, 0.3) is 5.69 Å². The van der Waals surface area contributed by atoms with Crippen LogP contribution in [0.15, 0.2) is 36.7 Å². The Morgan fingerprint density at radius 2 is 2.11 bits per heavy atom. The van der Waals surface area contributed by atoms with Crippen molar-refractivity contribution in [3.05, 3.63) is 42.5 Å². The number of hydrogen-bond donors (Lipinski definition) is 0. The molecule has 0 aliphatic carbocycles. The van der Waals surface area contributed by atoms with Crippen molar-refractivity contribution in [1.29, 1.82) is 0 Å². The molecule has 0 amide bonds. The molecule has 1 aliphatic rings. The van der Waals surface area contributed by atoms with Gasteiger partial charge in [0.25, 0.3) is 6.33 Å². The van der Waals surface area contributed by atoms with Gasteiger partial charge >= 0.3 is 0 Å². The first-order valence-electron chi connectivity index (χ1n) is 6.79. The first kappa shape index (κ1) is 11.5. The van der Waals surface area contributed by atoms with Crippen LogP contribution in [0.4, 0.5) is 0 Å². The summed E-state index contributed by atoms with van der Waals surface area (Å²) in [6.45, 7) is 4.58. The second-order valence-corrected chi connectivity index (χ2v) is 5.54. The Balaban J connectivity index is 1.90. The third kappa shape index (κ3) is 2.05. The van der Waals surface area contributed by atoms with Crippen LogP contribution in [0.1, 0.15) is 38.6 Å². The summed E-state index contributed by atoms with van der Waals surface area (Å²) in [6, 6.07) is 11.0. The Hall–Kier alpha value is -1.64. The number of fused-ring (bicyclic) bond motifs is 1.